The highest BCUT2D eigenvalue weighted by molar-refractivity contribution is 7.99. The number of amides is 1. The molecule has 1 N–H and O–H groups in total. The quantitative estimate of drug-likeness (QED) is 0.520. The molecule has 31 heavy (non-hydrogen) atoms. The monoisotopic (exact) mass is 459 g/mol. The van der Waals surface area contributed by atoms with E-state index in [0.717, 1.165) is 23.1 Å². The van der Waals surface area contributed by atoms with E-state index in [1.165, 1.54) is 16.1 Å². The molecular weight excluding hydrogens is 434 g/mol. The SMILES string of the molecule is Cc1ccc(N(Cc2nnc(SCC(=O)Nc3ccccc3C)n2C)S(C)(=O)=O)cc1. The Labute approximate surface area is 186 Å². The Hall–Kier alpha value is -2.85. The number of anilines is 2. The number of aryl methyl sites for hydroxylation is 2. The lowest BCUT2D eigenvalue weighted by Gasteiger charge is -2.22. The molecule has 0 saturated heterocycles. The molecule has 3 rings (SSSR count). The van der Waals surface area contributed by atoms with Gasteiger partial charge in [0.1, 0.15) is 0 Å². The predicted octanol–water partition coefficient (Wildman–Crippen LogP) is 3.13. The maximum atomic E-state index is 12.4. The van der Waals surface area contributed by atoms with Crippen LogP contribution in [-0.4, -0.2) is 41.1 Å². The van der Waals surface area contributed by atoms with Crippen molar-refractivity contribution >= 4 is 39.1 Å². The van der Waals surface area contributed by atoms with Crippen LogP contribution in [0.1, 0.15) is 17.0 Å². The van der Waals surface area contributed by atoms with Gasteiger partial charge >= 0.3 is 0 Å². The molecule has 10 heteroatoms. The van der Waals surface area contributed by atoms with Crippen LogP contribution in [0.15, 0.2) is 53.7 Å². The van der Waals surface area contributed by atoms with Gasteiger partial charge in [-0.25, -0.2) is 8.42 Å². The van der Waals surface area contributed by atoms with Crippen molar-refractivity contribution in [1.29, 1.82) is 0 Å². The van der Waals surface area contributed by atoms with Crippen molar-refractivity contribution in [3.63, 3.8) is 0 Å². The largest absolute Gasteiger partial charge is 0.325 e. The van der Waals surface area contributed by atoms with Crippen LogP contribution >= 0.6 is 11.8 Å². The van der Waals surface area contributed by atoms with Crippen LogP contribution in [0, 0.1) is 13.8 Å². The zero-order chi connectivity index (χ0) is 22.6. The standard InChI is InChI=1S/C21H25N5O3S2/c1-15-9-11-17(12-10-15)26(31(4,28)29)13-19-23-24-21(25(19)3)30-14-20(27)22-18-8-6-5-7-16(18)2/h5-12H,13-14H2,1-4H3,(H,22,27). The van der Waals surface area contributed by atoms with Crippen molar-refractivity contribution in [3.05, 3.63) is 65.5 Å². The fraction of sp³-hybridized carbons (Fsp3) is 0.286. The lowest BCUT2D eigenvalue weighted by atomic mass is 10.2. The molecule has 1 amide bonds. The number of nitrogens with one attached hydrogen (secondary N) is 1. The van der Waals surface area contributed by atoms with E-state index in [9.17, 15) is 13.2 Å². The topological polar surface area (TPSA) is 97.2 Å². The third-order valence-electron chi connectivity index (χ3n) is 4.68. The van der Waals surface area contributed by atoms with Crippen LogP contribution in [0.2, 0.25) is 0 Å². The fourth-order valence-corrected chi connectivity index (χ4v) is 4.46. The molecule has 0 spiro atoms. The van der Waals surface area contributed by atoms with E-state index in [1.807, 2.05) is 50.2 Å². The van der Waals surface area contributed by atoms with E-state index < -0.39 is 10.0 Å². The third-order valence-corrected chi connectivity index (χ3v) is 6.84. The van der Waals surface area contributed by atoms with Gasteiger partial charge in [-0.3, -0.25) is 9.10 Å². The molecule has 8 nitrogen and oxygen atoms in total. The number of carbonyl (C=O) groups is 1. The number of benzene rings is 2. The molecule has 0 atom stereocenters. The van der Waals surface area contributed by atoms with E-state index in [-0.39, 0.29) is 18.2 Å². The van der Waals surface area contributed by atoms with E-state index in [2.05, 4.69) is 15.5 Å². The highest BCUT2D eigenvalue weighted by Crippen LogP contribution is 2.23. The number of rotatable bonds is 8. The van der Waals surface area contributed by atoms with E-state index in [1.54, 1.807) is 23.7 Å². The first-order valence-electron chi connectivity index (χ1n) is 9.56. The van der Waals surface area contributed by atoms with Gasteiger partial charge in [-0.2, -0.15) is 0 Å². The number of carbonyl (C=O) groups excluding carboxylic acids is 1. The number of para-hydroxylation sites is 1. The fourth-order valence-electron chi connectivity index (χ4n) is 2.88. The molecule has 2 aromatic carbocycles. The summed E-state index contributed by atoms with van der Waals surface area (Å²) in [6.07, 6.45) is 1.16. The summed E-state index contributed by atoms with van der Waals surface area (Å²) in [7, 11) is -1.76. The van der Waals surface area contributed by atoms with E-state index in [4.69, 9.17) is 0 Å². The van der Waals surface area contributed by atoms with Crippen LogP contribution in [0.5, 0.6) is 0 Å². The molecular formula is C21H25N5O3S2. The Balaban J connectivity index is 1.69. The zero-order valence-electron chi connectivity index (χ0n) is 17.9. The number of sulfonamides is 1. The van der Waals surface area contributed by atoms with Gasteiger partial charge in [0.15, 0.2) is 11.0 Å². The van der Waals surface area contributed by atoms with Gasteiger partial charge in [0, 0.05) is 12.7 Å². The molecule has 164 valence electrons. The van der Waals surface area contributed by atoms with Gasteiger partial charge < -0.3 is 9.88 Å². The van der Waals surface area contributed by atoms with Gasteiger partial charge in [-0.15, -0.1) is 10.2 Å². The zero-order valence-corrected chi connectivity index (χ0v) is 19.5. The normalized spacial score (nSPS) is 11.4. The minimum absolute atomic E-state index is 0.0430. The highest BCUT2D eigenvalue weighted by Gasteiger charge is 2.21. The van der Waals surface area contributed by atoms with Crippen LogP contribution in [0.4, 0.5) is 11.4 Å². The van der Waals surface area contributed by atoms with Crippen LogP contribution < -0.4 is 9.62 Å². The summed E-state index contributed by atoms with van der Waals surface area (Å²) in [5.74, 6) is 0.489. The second kappa shape index (κ2) is 9.52. The number of hydrogen-bond donors (Lipinski definition) is 1. The Morgan fingerprint density at radius 2 is 1.77 bits per heavy atom. The van der Waals surface area contributed by atoms with Gasteiger partial charge in [-0.05, 0) is 37.6 Å². The van der Waals surface area contributed by atoms with Crippen molar-refractivity contribution < 1.29 is 13.2 Å². The predicted molar refractivity (Wildman–Crippen MR) is 124 cm³/mol. The lowest BCUT2D eigenvalue weighted by Crippen LogP contribution is -2.30. The summed E-state index contributed by atoms with van der Waals surface area (Å²) in [6.45, 7) is 3.91. The molecule has 1 heterocycles. The molecule has 0 bridgehead atoms. The van der Waals surface area contributed by atoms with Crippen molar-refractivity contribution in [1.82, 2.24) is 14.8 Å². The van der Waals surface area contributed by atoms with Crippen LogP contribution in [0.3, 0.4) is 0 Å². The first kappa shape index (κ1) is 22.8. The van der Waals surface area contributed by atoms with Crippen molar-refractivity contribution in [3.8, 4) is 0 Å². The van der Waals surface area contributed by atoms with Gasteiger partial charge in [0.25, 0.3) is 0 Å². The Morgan fingerprint density at radius 1 is 1.10 bits per heavy atom. The average Bonchev–Trinajstić information content (AvgIpc) is 3.06. The Morgan fingerprint density at radius 3 is 2.42 bits per heavy atom. The molecule has 0 aliphatic heterocycles. The number of aromatic nitrogens is 3. The van der Waals surface area contributed by atoms with Gasteiger partial charge in [0.2, 0.25) is 15.9 Å². The maximum absolute atomic E-state index is 12.4. The number of thioether (sulfide) groups is 1. The van der Waals surface area contributed by atoms with Gasteiger partial charge in [-0.1, -0.05) is 47.7 Å². The third kappa shape index (κ3) is 5.86. The Kier molecular flexibility index (Phi) is 7.01. The molecule has 1 aromatic heterocycles. The summed E-state index contributed by atoms with van der Waals surface area (Å²) in [5, 5.41) is 11.7. The first-order chi connectivity index (χ1) is 14.6. The minimum Gasteiger partial charge on any atom is -0.325 e. The van der Waals surface area contributed by atoms with Crippen molar-refractivity contribution in [2.24, 2.45) is 7.05 Å². The second-order valence-corrected chi connectivity index (χ2v) is 10.1. The molecule has 0 saturated carbocycles. The number of hydrogen-bond acceptors (Lipinski definition) is 6. The molecule has 0 fully saturated rings. The van der Waals surface area contributed by atoms with Gasteiger partial charge in [0.05, 0.1) is 24.2 Å². The molecule has 0 aliphatic carbocycles. The highest BCUT2D eigenvalue weighted by atomic mass is 32.2. The summed E-state index contributed by atoms with van der Waals surface area (Å²) < 4.78 is 27.7. The van der Waals surface area contributed by atoms with Crippen molar-refractivity contribution in [2.75, 3.05) is 21.6 Å². The smallest absolute Gasteiger partial charge is 0.234 e. The van der Waals surface area contributed by atoms with Crippen LogP contribution in [-0.2, 0) is 28.4 Å². The van der Waals surface area contributed by atoms with Crippen LogP contribution in [0.25, 0.3) is 0 Å². The minimum atomic E-state index is -3.52. The maximum Gasteiger partial charge on any atom is 0.234 e. The summed E-state index contributed by atoms with van der Waals surface area (Å²) in [5.41, 5.74) is 3.36. The second-order valence-electron chi connectivity index (χ2n) is 7.21. The number of nitrogens with zero attached hydrogens (tertiary/aromatic N) is 4. The lowest BCUT2D eigenvalue weighted by molar-refractivity contribution is -0.113. The molecule has 0 unspecified atom stereocenters. The average molecular weight is 460 g/mol. The van der Waals surface area contributed by atoms with E-state index >= 15 is 0 Å². The molecule has 0 radical (unpaired) electrons. The summed E-state index contributed by atoms with van der Waals surface area (Å²) >= 11 is 1.24. The van der Waals surface area contributed by atoms with Crippen molar-refractivity contribution in [2.45, 2.75) is 25.5 Å². The Bertz CT molecular complexity index is 1170. The summed E-state index contributed by atoms with van der Waals surface area (Å²) in [6, 6.07) is 14.8. The molecule has 0 aliphatic rings. The summed E-state index contributed by atoms with van der Waals surface area (Å²) in [4.78, 5) is 12.3. The first-order valence-corrected chi connectivity index (χ1v) is 12.4. The molecule has 3 aromatic rings. The van der Waals surface area contributed by atoms with E-state index in [0.29, 0.717) is 16.7 Å².